The van der Waals surface area contributed by atoms with Crippen molar-refractivity contribution in [2.24, 2.45) is 5.92 Å². The van der Waals surface area contributed by atoms with E-state index >= 15 is 0 Å². The van der Waals surface area contributed by atoms with Gasteiger partial charge in [0.25, 0.3) is 5.89 Å². The van der Waals surface area contributed by atoms with E-state index in [2.05, 4.69) is 32.3 Å². The molecule has 0 radical (unpaired) electrons. The highest BCUT2D eigenvalue weighted by Gasteiger charge is 2.15. The van der Waals surface area contributed by atoms with Crippen LogP contribution in [0.2, 0.25) is 0 Å². The van der Waals surface area contributed by atoms with Crippen LogP contribution in [0.1, 0.15) is 32.5 Å². The molecular weight excluding hydrogens is 318 g/mol. The van der Waals surface area contributed by atoms with E-state index in [-0.39, 0.29) is 5.92 Å². The van der Waals surface area contributed by atoms with E-state index in [9.17, 15) is 0 Å². The van der Waals surface area contributed by atoms with Gasteiger partial charge < -0.3 is 14.6 Å². The standard InChI is InChI=1S/C18H27N5O2/c1-13(2)17-21-18(25-22-17)15-4-5-19-16(10-15)20-11-14(3)12-23-6-8-24-9-7-23/h4-5,10,13-14H,6-9,11-12H2,1-3H3,(H,19,20)/t14-/m1/s1. The number of aromatic nitrogens is 3. The molecule has 3 rings (SSSR count). The number of rotatable bonds is 7. The number of hydrogen-bond acceptors (Lipinski definition) is 7. The highest BCUT2D eigenvalue weighted by Crippen LogP contribution is 2.21. The van der Waals surface area contributed by atoms with E-state index in [1.54, 1.807) is 6.20 Å². The summed E-state index contributed by atoms with van der Waals surface area (Å²) >= 11 is 0. The second-order valence-electron chi connectivity index (χ2n) is 6.94. The van der Waals surface area contributed by atoms with Crippen LogP contribution in [0.15, 0.2) is 22.9 Å². The summed E-state index contributed by atoms with van der Waals surface area (Å²) in [5.41, 5.74) is 0.887. The van der Waals surface area contributed by atoms with Gasteiger partial charge in [-0.05, 0) is 18.1 Å². The summed E-state index contributed by atoms with van der Waals surface area (Å²) in [6.45, 7) is 12.0. The molecule has 1 N–H and O–H groups in total. The predicted octanol–water partition coefficient (Wildman–Crippen LogP) is 2.64. The van der Waals surface area contributed by atoms with Gasteiger partial charge in [0.1, 0.15) is 5.82 Å². The first kappa shape index (κ1) is 17.8. The lowest BCUT2D eigenvalue weighted by Gasteiger charge is -2.29. The molecular formula is C18H27N5O2. The fourth-order valence-corrected chi connectivity index (χ4v) is 2.81. The van der Waals surface area contributed by atoms with Crippen LogP contribution in [0.5, 0.6) is 0 Å². The maximum Gasteiger partial charge on any atom is 0.258 e. The van der Waals surface area contributed by atoms with Crippen molar-refractivity contribution in [1.29, 1.82) is 0 Å². The van der Waals surface area contributed by atoms with Gasteiger partial charge >= 0.3 is 0 Å². The van der Waals surface area contributed by atoms with Crippen molar-refractivity contribution in [1.82, 2.24) is 20.0 Å². The largest absolute Gasteiger partial charge is 0.379 e. The van der Waals surface area contributed by atoms with Gasteiger partial charge in [0, 0.05) is 43.9 Å². The van der Waals surface area contributed by atoms with Gasteiger partial charge in [0.15, 0.2) is 5.82 Å². The number of anilines is 1. The van der Waals surface area contributed by atoms with Crippen LogP contribution >= 0.6 is 0 Å². The van der Waals surface area contributed by atoms with Crippen LogP contribution < -0.4 is 5.32 Å². The third-order valence-electron chi connectivity index (χ3n) is 4.27. The first-order chi connectivity index (χ1) is 12.1. The molecule has 3 heterocycles. The van der Waals surface area contributed by atoms with E-state index in [1.807, 2.05) is 26.0 Å². The Hall–Kier alpha value is -1.99. The molecule has 7 heteroatoms. The molecule has 1 aliphatic rings. The number of pyridine rings is 1. The van der Waals surface area contributed by atoms with E-state index in [0.29, 0.717) is 11.8 Å². The summed E-state index contributed by atoms with van der Waals surface area (Å²) in [5.74, 6) is 2.86. The van der Waals surface area contributed by atoms with Crippen LogP contribution in [0, 0.1) is 5.92 Å². The van der Waals surface area contributed by atoms with Gasteiger partial charge in [-0.15, -0.1) is 0 Å². The Bertz CT molecular complexity index is 667. The maximum absolute atomic E-state index is 5.39. The Morgan fingerprint density at radius 2 is 2.04 bits per heavy atom. The molecule has 1 atom stereocenters. The first-order valence-corrected chi connectivity index (χ1v) is 8.96. The Balaban J connectivity index is 1.55. The zero-order chi connectivity index (χ0) is 17.6. The molecule has 0 spiro atoms. The van der Waals surface area contributed by atoms with Gasteiger partial charge in [-0.1, -0.05) is 25.9 Å². The molecule has 2 aromatic heterocycles. The molecule has 1 fully saturated rings. The normalized spacial score (nSPS) is 17.0. The number of morpholine rings is 1. The Morgan fingerprint density at radius 1 is 1.24 bits per heavy atom. The Morgan fingerprint density at radius 3 is 2.76 bits per heavy atom. The predicted molar refractivity (Wildman–Crippen MR) is 96.5 cm³/mol. The molecule has 7 nitrogen and oxygen atoms in total. The van der Waals surface area contributed by atoms with E-state index in [4.69, 9.17) is 9.26 Å². The lowest BCUT2D eigenvalue weighted by Crippen LogP contribution is -2.40. The quantitative estimate of drug-likeness (QED) is 0.826. The van der Waals surface area contributed by atoms with Crippen molar-refractivity contribution in [3.8, 4) is 11.5 Å². The second kappa shape index (κ2) is 8.40. The third-order valence-corrected chi connectivity index (χ3v) is 4.27. The summed E-state index contributed by atoms with van der Waals surface area (Å²) in [6.07, 6.45) is 1.77. The Labute approximate surface area is 148 Å². The molecule has 0 saturated carbocycles. The molecule has 1 aliphatic heterocycles. The summed E-state index contributed by atoms with van der Waals surface area (Å²) in [5, 5.41) is 7.43. The summed E-state index contributed by atoms with van der Waals surface area (Å²) in [6, 6.07) is 3.85. The fourth-order valence-electron chi connectivity index (χ4n) is 2.81. The fraction of sp³-hybridized carbons (Fsp3) is 0.611. The summed E-state index contributed by atoms with van der Waals surface area (Å²) in [7, 11) is 0. The highest BCUT2D eigenvalue weighted by atomic mass is 16.5. The van der Waals surface area contributed by atoms with Crippen molar-refractivity contribution in [3.05, 3.63) is 24.2 Å². The lowest BCUT2D eigenvalue weighted by molar-refractivity contribution is 0.0325. The van der Waals surface area contributed by atoms with Gasteiger partial charge in [0.2, 0.25) is 0 Å². The maximum atomic E-state index is 5.39. The van der Waals surface area contributed by atoms with Crippen LogP contribution in [-0.4, -0.2) is 59.4 Å². The minimum absolute atomic E-state index is 0.248. The summed E-state index contributed by atoms with van der Waals surface area (Å²) in [4.78, 5) is 11.3. The number of nitrogens with one attached hydrogen (secondary N) is 1. The smallest absolute Gasteiger partial charge is 0.258 e. The minimum atomic E-state index is 0.248. The molecule has 0 amide bonds. The highest BCUT2D eigenvalue weighted by molar-refractivity contribution is 5.57. The SMILES string of the molecule is CC(C)c1noc(-c2ccnc(NC[C@@H](C)CN3CCOCC3)c2)n1. The van der Waals surface area contributed by atoms with Crippen molar-refractivity contribution in [2.75, 3.05) is 44.7 Å². The lowest BCUT2D eigenvalue weighted by atomic mass is 10.1. The van der Waals surface area contributed by atoms with Crippen molar-refractivity contribution in [3.63, 3.8) is 0 Å². The topological polar surface area (TPSA) is 76.3 Å². The molecule has 2 aromatic rings. The monoisotopic (exact) mass is 345 g/mol. The number of ether oxygens (including phenoxy) is 1. The van der Waals surface area contributed by atoms with Crippen LogP contribution in [0.25, 0.3) is 11.5 Å². The van der Waals surface area contributed by atoms with Gasteiger partial charge in [-0.3, -0.25) is 4.90 Å². The minimum Gasteiger partial charge on any atom is -0.379 e. The molecule has 0 unspecified atom stereocenters. The number of hydrogen-bond donors (Lipinski definition) is 1. The zero-order valence-electron chi connectivity index (χ0n) is 15.2. The average Bonchev–Trinajstić information content (AvgIpc) is 3.12. The van der Waals surface area contributed by atoms with Crippen LogP contribution in [0.3, 0.4) is 0 Å². The molecule has 0 bridgehead atoms. The number of nitrogens with zero attached hydrogens (tertiary/aromatic N) is 4. The van der Waals surface area contributed by atoms with E-state index in [1.165, 1.54) is 0 Å². The third kappa shape index (κ3) is 4.99. The van der Waals surface area contributed by atoms with E-state index < -0.39 is 0 Å². The van der Waals surface area contributed by atoms with Gasteiger partial charge in [0.05, 0.1) is 13.2 Å². The molecule has 0 aromatic carbocycles. The van der Waals surface area contributed by atoms with Gasteiger partial charge in [-0.25, -0.2) is 4.98 Å². The van der Waals surface area contributed by atoms with Crippen molar-refractivity contribution >= 4 is 5.82 Å². The van der Waals surface area contributed by atoms with Crippen LogP contribution in [0.4, 0.5) is 5.82 Å². The van der Waals surface area contributed by atoms with Crippen LogP contribution in [-0.2, 0) is 4.74 Å². The molecule has 0 aliphatic carbocycles. The average molecular weight is 345 g/mol. The molecule has 1 saturated heterocycles. The summed E-state index contributed by atoms with van der Waals surface area (Å²) < 4.78 is 10.8. The van der Waals surface area contributed by atoms with Crippen molar-refractivity contribution < 1.29 is 9.26 Å². The zero-order valence-corrected chi connectivity index (χ0v) is 15.2. The first-order valence-electron chi connectivity index (χ1n) is 8.96. The molecule has 25 heavy (non-hydrogen) atoms. The second-order valence-corrected chi connectivity index (χ2v) is 6.94. The van der Waals surface area contributed by atoms with Gasteiger partial charge in [-0.2, -0.15) is 4.98 Å². The Kier molecular flexibility index (Phi) is 5.99. The molecule has 136 valence electrons. The van der Waals surface area contributed by atoms with Crippen molar-refractivity contribution in [2.45, 2.75) is 26.7 Å². The van der Waals surface area contributed by atoms with E-state index in [0.717, 1.165) is 56.6 Å².